The van der Waals surface area contributed by atoms with E-state index in [0.717, 1.165) is 19.5 Å². The maximum Gasteiger partial charge on any atom is 0.0897 e. The van der Waals surface area contributed by atoms with Crippen molar-refractivity contribution in [2.24, 2.45) is 0 Å². The van der Waals surface area contributed by atoms with Crippen molar-refractivity contribution < 1.29 is 9.84 Å². The summed E-state index contributed by atoms with van der Waals surface area (Å²) in [5.74, 6) is 0. The minimum Gasteiger partial charge on any atom is -0.389 e. The summed E-state index contributed by atoms with van der Waals surface area (Å²) >= 11 is 0. The van der Waals surface area contributed by atoms with Crippen molar-refractivity contribution in [3.63, 3.8) is 0 Å². The number of likely N-dealkylation sites (N-methyl/N-ethyl adjacent to an activating group) is 1. The van der Waals surface area contributed by atoms with Gasteiger partial charge >= 0.3 is 0 Å². The minimum atomic E-state index is -0.435. The quantitative estimate of drug-likeness (QED) is 0.783. The van der Waals surface area contributed by atoms with Crippen LogP contribution in [0.5, 0.6) is 0 Å². The van der Waals surface area contributed by atoms with Gasteiger partial charge in [0.2, 0.25) is 0 Å². The fourth-order valence-electron chi connectivity index (χ4n) is 2.36. The van der Waals surface area contributed by atoms with Gasteiger partial charge in [0.1, 0.15) is 0 Å². The zero-order valence-corrected chi connectivity index (χ0v) is 11.1. The number of hydrogen-bond donors (Lipinski definition) is 2. The van der Waals surface area contributed by atoms with E-state index in [-0.39, 0.29) is 0 Å². The van der Waals surface area contributed by atoms with Gasteiger partial charge in [-0.3, -0.25) is 0 Å². The van der Waals surface area contributed by atoms with E-state index < -0.39 is 6.10 Å². The smallest absolute Gasteiger partial charge is 0.0897 e. The van der Waals surface area contributed by atoms with Gasteiger partial charge in [0.05, 0.1) is 12.7 Å². The second-order valence-corrected chi connectivity index (χ2v) is 4.87. The van der Waals surface area contributed by atoms with E-state index in [1.807, 2.05) is 0 Å². The summed E-state index contributed by atoms with van der Waals surface area (Å²) in [6.07, 6.45) is 0.696. The first kappa shape index (κ1) is 13.3. The highest BCUT2D eigenvalue weighted by molar-refractivity contribution is 5.58. The van der Waals surface area contributed by atoms with E-state index in [1.165, 1.54) is 16.8 Å². The summed E-state index contributed by atoms with van der Waals surface area (Å²) in [7, 11) is 3.73. The molecule has 0 radical (unpaired) electrons. The molecule has 0 saturated heterocycles. The summed E-state index contributed by atoms with van der Waals surface area (Å²) in [6.45, 7) is 2.84. The molecule has 1 unspecified atom stereocenters. The minimum absolute atomic E-state index is 0.377. The maximum atomic E-state index is 9.52. The number of benzene rings is 1. The Labute approximate surface area is 109 Å². The average Bonchev–Trinajstić information content (AvgIpc) is 2.71. The van der Waals surface area contributed by atoms with Gasteiger partial charge in [-0.2, -0.15) is 0 Å². The zero-order chi connectivity index (χ0) is 13.0. The molecule has 1 aliphatic heterocycles. The first-order chi connectivity index (χ1) is 8.70. The molecule has 4 nitrogen and oxygen atoms in total. The molecule has 0 spiro atoms. The van der Waals surface area contributed by atoms with E-state index in [9.17, 15) is 5.11 Å². The highest BCUT2D eigenvalue weighted by Gasteiger charge is 2.15. The van der Waals surface area contributed by atoms with E-state index in [4.69, 9.17) is 4.74 Å². The Morgan fingerprint density at radius 2 is 2.33 bits per heavy atom. The standard InChI is InChI=1S/C14H22N2O2/c1-16-6-5-12-7-11(3-4-14(12)16)8-15-9-13(17)10-18-2/h3-4,7,13,15,17H,5-6,8-10H2,1-2H3. The van der Waals surface area contributed by atoms with Crippen LogP contribution in [0.3, 0.4) is 0 Å². The zero-order valence-electron chi connectivity index (χ0n) is 11.1. The highest BCUT2D eigenvalue weighted by atomic mass is 16.5. The molecule has 1 atom stereocenters. The molecular formula is C14H22N2O2. The Morgan fingerprint density at radius 3 is 3.11 bits per heavy atom. The lowest BCUT2D eigenvalue weighted by Crippen LogP contribution is -2.29. The number of ether oxygens (including phenoxy) is 1. The molecule has 1 aromatic carbocycles. The molecule has 1 aliphatic rings. The predicted octanol–water partition coefficient (Wildman–Crippen LogP) is 0.776. The van der Waals surface area contributed by atoms with Crippen LogP contribution in [-0.2, 0) is 17.7 Å². The highest BCUT2D eigenvalue weighted by Crippen LogP contribution is 2.27. The maximum absolute atomic E-state index is 9.52. The van der Waals surface area contributed by atoms with Crippen LogP contribution in [0.1, 0.15) is 11.1 Å². The van der Waals surface area contributed by atoms with Crippen LogP contribution in [0.4, 0.5) is 5.69 Å². The number of aliphatic hydroxyl groups is 1. The third-order valence-electron chi connectivity index (χ3n) is 3.34. The van der Waals surface area contributed by atoms with Crippen molar-refractivity contribution in [1.82, 2.24) is 5.32 Å². The molecule has 0 fully saturated rings. The van der Waals surface area contributed by atoms with E-state index in [0.29, 0.717) is 13.2 Å². The molecule has 0 amide bonds. The molecule has 0 saturated carbocycles. The van der Waals surface area contributed by atoms with Crippen LogP contribution in [0, 0.1) is 0 Å². The number of aliphatic hydroxyl groups excluding tert-OH is 1. The van der Waals surface area contributed by atoms with Gasteiger partial charge in [-0.05, 0) is 23.6 Å². The van der Waals surface area contributed by atoms with E-state index in [1.54, 1.807) is 7.11 Å². The fourth-order valence-corrected chi connectivity index (χ4v) is 2.36. The number of rotatable bonds is 6. The Hall–Kier alpha value is -1.10. The molecule has 100 valence electrons. The number of hydrogen-bond acceptors (Lipinski definition) is 4. The number of nitrogens with one attached hydrogen (secondary N) is 1. The number of fused-ring (bicyclic) bond motifs is 1. The van der Waals surface area contributed by atoms with Crippen LogP contribution in [0.25, 0.3) is 0 Å². The number of nitrogens with zero attached hydrogens (tertiary/aromatic N) is 1. The Kier molecular flexibility index (Phi) is 4.58. The lowest BCUT2D eigenvalue weighted by atomic mass is 10.1. The van der Waals surface area contributed by atoms with Crippen molar-refractivity contribution in [1.29, 1.82) is 0 Å². The Morgan fingerprint density at radius 1 is 1.50 bits per heavy atom. The largest absolute Gasteiger partial charge is 0.389 e. The van der Waals surface area contributed by atoms with Crippen LogP contribution in [0.15, 0.2) is 18.2 Å². The summed E-state index contributed by atoms with van der Waals surface area (Å²) in [6, 6.07) is 6.59. The van der Waals surface area contributed by atoms with Gasteiger partial charge in [0, 0.05) is 39.5 Å². The van der Waals surface area contributed by atoms with Crippen molar-refractivity contribution in [2.45, 2.75) is 19.1 Å². The van der Waals surface area contributed by atoms with Crippen LogP contribution in [-0.4, -0.2) is 45.1 Å². The molecule has 0 bridgehead atoms. The third-order valence-corrected chi connectivity index (χ3v) is 3.34. The molecule has 1 heterocycles. The molecule has 0 aliphatic carbocycles. The molecule has 1 aromatic rings. The SMILES string of the molecule is COCC(O)CNCc1ccc2c(c1)CCN2C. The van der Waals surface area contributed by atoms with Gasteiger partial charge in [0.25, 0.3) is 0 Å². The number of anilines is 1. The molecule has 4 heteroatoms. The lowest BCUT2D eigenvalue weighted by molar-refractivity contribution is 0.0644. The first-order valence-corrected chi connectivity index (χ1v) is 6.41. The summed E-state index contributed by atoms with van der Waals surface area (Å²) in [5, 5.41) is 12.8. The van der Waals surface area contributed by atoms with Crippen molar-refractivity contribution in [2.75, 3.05) is 38.8 Å². The van der Waals surface area contributed by atoms with Gasteiger partial charge in [-0.25, -0.2) is 0 Å². The van der Waals surface area contributed by atoms with Crippen LogP contribution < -0.4 is 10.2 Å². The molecule has 18 heavy (non-hydrogen) atoms. The number of methoxy groups -OCH3 is 1. The second-order valence-electron chi connectivity index (χ2n) is 4.87. The van der Waals surface area contributed by atoms with E-state index in [2.05, 4.69) is 35.5 Å². The van der Waals surface area contributed by atoms with Crippen LogP contribution >= 0.6 is 0 Å². The summed E-state index contributed by atoms with van der Waals surface area (Å²) in [5.41, 5.74) is 4.04. The molecule has 2 N–H and O–H groups in total. The average molecular weight is 250 g/mol. The van der Waals surface area contributed by atoms with Crippen molar-refractivity contribution >= 4 is 5.69 Å². The van der Waals surface area contributed by atoms with Crippen molar-refractivity contribution in [3.8, 4) is 0 Å². The van der Waals surface area contributed by atoms with Crippen LogP contribution in [0.2, 0.25) is 0 Å². The Bertz CT molecular complexity index is 395. The van der Waals surface area contributed by atoms with Crippen molar-refractivity contribution in [3.05, 3.63) is 29.3 Å². The summed E-state index contributed by atoms with van der Waals surface area (Å²) in [4.78, 5) is 2.29. The first-order valence-electron chi connectivity index (χ1n) is 6.41. The molecule has 2 rings (SSSR count). The predicted molar refractivity (Wildman–Crippen MR) is 73.0 cm³/mol. The van der Waals surface area contributed by atoms with Gasteiger partial charge < -0.3 is 20.1 Å². The lowest BCUT2D eigenvalue weighted by Gasteiger charge is -2.13. The Balaban J connectivity index is 1.84. The molecule has 0 aromatic heterocycles. The van der Waals surface area contributed by atoms with Gasteiger partial charge in [0.15, 0.2) is 0 Å². The second kappa shape index (κ2) is 6.18. The fraction of sp³-hybridized carbons (Fsp3) is 0.571. The summed E-state index contributed by atoms with van der Waals surface area (Å²) < 4.78 is 4.88. The molecular weight excluding hydrogens is 228 g/mol. The normalized spacial score (nSPS) is 15.8. The van der Waals surface area contributed by atoms with Gasteiger partial charge in [-0.1, -0.05) is 12.1 Å². The monoisotopic (exact) mass is 250 g/mol. The van der Waals surface area contributed by atoms with Gasteiger partial charge in [-0.15, -0.1) is 0 Å². The topological polar surface area (TPSA) is 44.7 Å². The third kappa shape index (κ3) is 3.22. The van der Waals surface area contributed by atoms with E-state index >= 15 is 0 Å².